The van der Waals surface area contributed by atoms with E-state index in [2.05, 4.69) is 62.4 Å². The summed E-state index contributed by atoms with van der Waals surface area (Å²) in [6, 6.07) is 21.2. The standard InChI is InChI=1S/C20H19N/c1-14-3-7-17(8-4-14)20(21)13-16-6-10-18-11-15(2)5-9-19(18)12-16/h3-12,21H,13H2,1-2H3. The molecule has 0 bridgehead atoms. The molecule has 0 aliphatic rings. The van der Waals surface area contributed by atoms with Gasteiger partial charge in [0.25, 0.3) is 0 Å². The average molecular weight is 273 g/mol. The van der Waals surface area contributed by atoms with Gasteiger partial charge in [0.2, 0.25) is 0 Å². The number of hydrogen-bond acceptors (Lipinski definition) is 1. The molecule has 1 nitrogen and oxygen atoms in total. The molecule has 0 saturated carbocycles. The lowest BCUT2D eigenvalue weighted by Gasteiger charge is -2.07. The molecule has 0 unspecified atom stereocenters. The molecule has 1 N–H and O–H groups in total. The minimum Gasteiger partial charge on any atom is -0.304 e. The summed E-state index contributed by atoms with van der Waals surface area (Å²) in [5.41, 5.74) is 5.37. The van der Waals surface area contributed by atoms with Crippen molar-refractivity contribution in [1.82, 2.24) is 0 Å². The quantitative estimate of drug-likeness (QED) is 0.644. The number of fused-ring (bicyclic) bond motifs is 1. The van der Waals surface area contributed by atoms with Crippen molar-refractivity contribution in [2.24, 2.45) is 0 Å². The summed E-state index contributed by atoms with van der Waals surface area (Å²) < 4.78 is 0. The number of benzene rings is 3. The van der Waals surface area contributed by atoms with E-state index in [4.69, 9.17) is 5.41 Å². The predicted octanol–water partition coefficient (Wildman–Crippen LogP) is 5.07. The molecule has 3 rings (SSSR count). The van der Waals surface area contributed by atoms with Crippen LogP contribution >= 0.6 is 0 Å². The topological polar surface area (TPSA) is 23.9 Å². The Kier molecular flexibility index (Phi) is 3.57. The molecule has 0 fully saturated rings. The van der Waals surface area contributed by atoms with Crippen molar-refractivity contribution in [2.45, 2.75) is 20.3 Å². The molecule has 3 aromatic carbocycles. The van der Waals surface area contributed by atoms with E-state index in [1.54, 1.807) is 0 Å². The minimum atomic E-state index is 0.668. The van der Waals surface area contributed by atoms with Crippen LogP contribution in [0.3, 0.4) is 0 Å². The molecular weight excluding hydrogens is 254 g/mol. The van der Waals surface area contributed by atoms with Crippen LogP contribution in [-0.4, -0.2) is 5.71 Å². The van der Waals surface area contributed by atoms with E-state index in [1.807, 2.05) is 12.1 Å². The van der Waals surface area contributed by atoms with E-state index in [1.165, 1.54) is 27.5 Å². The normalized spacial score (nSPS) is 10.8. The van der Waals surface area contributed by atoms with Crippen LogP contribution < -0.4 is 0 Å². The first kappa shape index (κ1) is 13.6. The van der Waals surface area contributed by atoms with Crippen LogP contribution in [0.2, 0.25) is 0 Å². The van der Waals surface area contributed by atoms with Gasteiger partial charge in [0, 0.05) is 12.1 Å². The van der Waals surface area contributed by atoms with E-state index in [9.17, 15) is 0 Å². The largest absolute Gasteiger partial charge is 0.304 e. The van der Waals surface area contributed by atoms with Crippen LogP contribution in [0.4, 0.5) is 0 Å². The Morgan fingerprint density at radius 1 is 0.762 bits per heavy atom. The summed E-state index contributed by atoms with van der Waals surface area (Å²) in [5.74, 6) is 0. The fourth-order valence-corrected chi connectivity index (χ4v) is 2.59. The van der Waals surface area contributed by atoms with Gasteiger partial charge in [0.15, 0.2) is 0 Å². The average Bonchev–Trinajstić information content (AvgIpc) is 2.48. The van der Waals surface area contributed by atoms with E-state index < -0.39 is 0 Å². The van der Waals surface area contributed by atoms with Crippen molar-refractivity contribution in [3.05, 3.63) is 82.9 Å². The molecule has 0 spiro atoms. The molecule has 0 aliphatic heterocycles. The summed E-state index contributed by atoms with van der Waals surface area (Å²) in [6.45, 7) is 4.18. The summed E-state index contributed by atoms with van der Waals surface area (Å²) in [6.07, 6.45) is 0.673. The second kappa shape index (κ2) is 5.53. The van der Waals surface area contributed by atoms with Crippen LogP contribution in [0.15, 0.2) is 60.7 Å². The SMILES string of the molecule is Cc1ccc(C(=N)Cc2ccc3cc(C)ccc3c2)cc1. The smallest absolute Gasteiger partial charge is 0.0429 e. The Bertz CT molecular complexity index is 798. The Hall–Kier alpha value is -2.41. The van der Waals surface area contributed by atoms with Gasteiger partial charge in [-0.1, -0.05) is 71.8 Å². The molecule has 0 saturated heterocycles. The number of hydrogen-bond donors (Lipinski definition) is 1. The number of rotatable bonds is 3. The highest BCUT2D eigenvalue weighted by molar-refractivity contribution is 6.00. The van der Waals surface area contributed by atoms with Gasteiger partial charge in [0.05, 0.1) is 0 Å². The van der Waals surface area contributed by atoms with Crippen molar-refractivity contribution in [3.63, 3.8) is 0 Å². The van der Waals surface area contributed by atoms with Crippen LogP contribution in [-0.2, 0) is 6.42 Å². The molecule has 0 atom stereocenters. The number of nitrogens with one attached hydrogen (secondary N) is 1. The summed E-state index contributed by atoms with van der Waals surface area (Å²) in [4.78, 5) is 0. The molecule has 0 amide bonds. The lowest BCUT2D eigenvalue weighted by atomic mass is 9.98. The first-order chi connectivity index (χ1) is 10.1. The zero-order valence-electron chi connectivity index (χ0n) is 12.5. The first-order valence-electron chi connectivity index (χ1n) is 7.25. The molecule has 1 heteroatoms. The van der Waals surface area contributed by atoms with Crippen molar-refractivity contribution >= 4 is 16.5 Å². The van der Waals surface area contributed by atoms with E-state index >= 15 is 0 Å². The maximum absolute atomic E-state index is 8.28. The highest BCUT2D eigenvalue weighted by Gasteiger charge is 2.04. The molecule has 21 heavy (non-hydrogen) atoms. The third-order valence-electron chi connectivity index (χ3n) is 3.84. The molecule has 0 radical (unpaired) electrons. The van der Waals surface area contributed by atoms with Crippen LogP contribution in [0.5, 0.6) is 0 Å². The van der Waals surface area contributed by atoms with Gasteiger partial charge < -0.3 is 5.41 Å². The van der Waals surface area contributed by atoms with Crippen LogP contribution in [0.25, 0.3) is 10.8 Å². The zero-order valence-corrected chi connectivity index (χ0v) is 12.5. The molecule has 104 valence electrons. The highest BCUT2D eigenvalue weighted by atomic mass is 14.4. The highest BCUT2D eigenvalue weighted by Crippen LogP contribution is 2.19. The van der Waals surface area contributed by atoms with Crippen molar-refractivity contribution in [3.8, 4) is 0 Å². The van der Waals surface area contributed by atoms with Gasteiger partial charge in [0.1, 0.15) is 0 Å². The molecule has 0 aliphatic carbocycles. The van der Waals surface area contributed by atoms with Gasteiger partial charge in [-0.25, -0.2) is 0 Å². The monoisotopic (exact) mass is 273 g/mol. The van der Waals surface area contributed by atoms with Crippen LogP contribution in [0.1, 0.15) is 22.3 Å². The van der Waals surface area contributed by atoms with Crippen molar-refractivity contribution in [2.75, 3.05) is 0 Å². The predicted molar refractivity (Wildman–Crippen MR) is 90.4 cm³/mol. The van der Waals surface area contributed by atoms with Gasteiger partial charge in [-0.05, 0) is 35.7 Å². The van der Waals surface area contributed by atoms with E-state index in [-0.39, 0.29) is 0 Å². The molecule has 0 heterocycles. The van der Waals surface area contributed by atoms with Gasteiger partial charge in [-0.15, -0.1) is 0 Å². The van der Waals surface area contributed by atoms with Crippen molar-refractivity contribution in [1.29, 1.82) is 5.41 Å². The maximum atomic E-state index is 8.28. The van der Waals surface area contributed by atoms with Crippen molar-refractivity contribution < 1.29 is 0 Å². The second-order valence-electron chi connectivity index (χ2n) is 5.71. The third kappa shape index (κ3) is 3.03. The first-order valence-corrected chi connectivity index (χ1v) is 7.25. The Balaban J connectivity index is 1.85. The molecular formula is C20H19N. The molecule has 3 aromatic rings. The van der Waals surface area contributed by atoms with E-state index in [0.717, 1.165) is 5.56 Å². The lowest BCUT2D eigenvalue weighted by Crippen LogP contribution is -2.03. The van der Waals surface area contributed by atoms with Crippen LogP contribution in [0, 0.1) is 19.3 Å². The summed E-state index contributed by atoms with van der Waals surface area (Å²) in [7, 11) is 0. The Morgan fingerprint density at radius 2 is 1.38 bits per heavy atom. The summed E-state index contributed by atoms with van der Waals surface area (Å²) in [5, 5.41) is 10.8. The van der Waals surface area contributed by atoms with Gasteiger partial charge in [-0.2, -0.15) is 0 Å². The zero-order chi connectivity index (χ0) is 14.8. The summed E-state index contributed by atoms with van der Waals surface area (Å²) >= 11 is 0. The fourth-order valence-electron chi connectivity index (χ4n) is 2.59. The van der Waals surface area contributed by atoms with E-state index in [0.29, 0.717) is 12.1 Å². The second-order valence-corrected chi connectivity index (χ2v) is 5.71. The third-order valence-corrected chi connectivity index (χ3v) is 3.84. The van der Waals surface area contributed by atoms with Gasteiger partial charge in [-0.3, -0.25) is 0 Å². The fraction of sp³-hybridized carbons (Fsp3) is 0.150. The lowest BCUT2D eigenvalue weighted by molar-refractivity contribution is 1.28. The Morgan fingerprint density at radius 3 is 2.14 bits per heavy atom. The molecule has 0 aromatic heterocycles. The Labute approximate surface area is 125 Å². The minimum absolute atomic E-state index is 0.668. The van der Waals surface area contributed by atoms with Gasteiger partial charge >= 0.3 is 0 Å². The number of aryl methyl sites for hydroxylation is 2. The maximum Gasteiger partial charge on any atom is 0.0429 e.